The van der Waals surface area contributed by atoms with E-state index in [2.05, 4.69) is 15.2 Å². The lowest BCUT2D eigenvalue weighted by molar-refractivity contribution is 0.0600. The number of hydrogen-bond acceptors (Lipinski definition) is 7. The number of methoxy groups -OCH3 is 1. The fraction of sp³-hybridized carbons (Fsp3) is 0.300. The average Bonchev–Trinajstić information content (AvgIpc) is 3.08. The molecule has 0 radical (unpaired) electrons. The lowest BCUT2D eigenvalue weighted by atomic mass is 10.1. The number of carbonyl (C=O) groups excluding carboxylic acids is 1. The Bertz CT molecular complexity index is 906. The summed E-state index contributed by atoms with van der Waals surface area (Å²) in [5.41, 5.74) is 2.56. The molecule has 2 aromatic carbocycles. The molecule has 0 aliphatic rings. The zero-order valence-electron chi connectivity index (χ0n) is 15.7. The Labute approximate surface area is 162 Å². The van der Waals surface area contributed by atoms with Crippen LogP contribution in [0.4, 0.5) is 5.13 Å². The van der Waals surface area contributed by atoms with Gasteiger partial charge in [-0.2, -0.15) is 0 Å². The lowest BCUT2D eigenvalue weighted by Crippen LogP contribution is -2.19. The van der Waals surface area contributed by atoms with E-state index >= 15 is 0 Å². The number of carbonyl (C=O) groups is 1. The molecule has 0 saturated heterocycles. The van der Waals surface area contributed by atoms with Crippen LogP contribution in [0.3, 0.4) is 0 Å². The smallest absolute Gasteiger partial charge is 0.337 e. The number of esters is 1. The summed E-state index contributed by atoms with van der Waals surface area (Å²) < 4.78 is 11.6. The molecule has 3 rings (SSSR count). The average molecular weight is 385 g/mol. The molecule has 1 aromatic heterocycles. The van der Waals surface area contributed by atoms with Gasteiger partial charge in [0.25, 0.3) is 0 Å². The number of rotatable bonds is 8. The number of benzene rings is 2. The standard InChI is InChI=1S/C20H23N3O3S/c1-23(2)10-11-26-16-8-9-17-18(12-16)27-20(22-17)21-13-14-4-6-15(7-5-14)19(24)25-3/h4-9,12H,10-11,13H2,1-3H3,(H,21,22). The largest absolute Gasteiger partial charge is 0.492 e. The molecule has 0 aliphatic heterocycles. The van der Waals surface area contributed by atoms with E-state index in [4.69, 9.17) is 9.47 Å². The molecule has 3 aromatic rings. The molecule has 0 unspecified atom stereocenters. The Balaban J connectivity index is 1.61. The number of hydrogen-bond donors (Lipinski definition) is 1. The third-order valence-corrected chi connectivity index (χ3v) is 4.96. The van der Waals surface area contributed by atoms with E-state index in [1.807, 2.05) is 44.4 Å². The molecule has 0 bridgehead atoms. The monoisotopic (exact) mass is 385 g/mol. The topological polar surface area (TPSA) is 63.7 Å². The molecule has 6 nitrogen and oxygen atoms in total. The maximum atomic E-state index is 11.5. The fourth-order valence-corrected chi connectivity index (χ4v) is 3.36. The van der Waals surface area contributed by atoms with Gasteiger partial charge in [0.05, 0.1) is 22.9 Å². The highest BCUT2D eigenvalue weighted by Gasteiger charge is 2.07. The minimum Gasteiger partial charge on any atom is -0.492 e. The minimum absolute atomic E-state index is 0.329. The summed E-state index contributed by atoms with van der Waals surface area (Å²) in [5.74, 6) is 0.530. The predicted octanol–water partition coefficient (Wildman–Crippen LogP) is 3.64. The summed E-state index contributed by atoms with van der Waals surface area (Å²) in [7, 11) is 5.43. The van der Waals surface area contributed by atoms with Gasteiger partial charge in [0, 0.05) is 13.1 Å². The van der Waals surface area contributed by atoms with Crippen molar-refractivity contribution >= 4 is 32.7 Å². The minimum atomic E-state index is -0.329. The van der Waals surface area contributed by atoms with E-state index in [1.165, 1.54) is 7.11 Å². The highest BCUT2D eigenvalue weighted by Crippen LogP contribution is 2.29. The number of aromatic nitrogens is 1. The van der Waals surface area contributed by atoms with E-state index in [-0.39, 0.29) is 5.97 Å². The third kappa shape index (κ3) is 5.18. The van der Waals surface area contributed by atoms with Crippen LogP contribution in [0, 0.1) is 0 Å². The van der Waals surface area contributed by atoms with Gasteiger partial charge < -0.3 is 19.7 Å². The van der Waals surface area contributed by atoms with Crippen LogP contribution in [0.2, 0.25) is 0 Å². The molecule has 0 atom stereocenters. The number of anilines is 1. The second-order valence-corrected chi connectivity index (χ2v) is 7.37. The number of nitrogens with zero attached hydrogens (tertiary/aromatic N) is 2. The quantitative estimate of drug-likeness (QED) is 0.598. The van der Waals surface area contributed by atoms with Crippen molar-refractivity contribution in [2.45, 2.75) is 6.54 Å². The zero-order chi connectivity index (χ0) is 19.2. The summed E-state index contributed by atoms with van der Waals surface area (Å²) in [6, 6.07) is 13.3. The highest BCUT2D eigenvalue weighted by atomic mass is 32.1. The van der Waals surface area contributed by atoms with Gasteiger partial charge in [-0.25, -0.2) is 9.78 Å². The Kier molecular flexibility index (Phi) is 6.26. The first-order valence-electron chi connectivity index (χ1n) is 8.64. The number of fused-ring (bicyclic) bond motifs is 1. The summed E-state index contributed by atoms with van der Waals surface area (Å²) in [5, 5.41) is 4.19. The van der Waals surface area contributed by atoms with Crippen molar-refractivity contribution in [3.63, 3.8) is 0 Å². The van der Waals surface area contributed by atoms with Crippen LogP contribution in [-0.4, -0.2) is 50.2 Å². The number of likely N-dealkylation sites (N-methyl/N-ethyl adjacent to an activating group) is 1. The van der Waals surface area contributed by atoms with Gasteiger partial charge in [-0.3, -0.25) is 0 Å². The van der Waals surface area contributed by atoms with E-state index < -0.39 is 0 Å². The molecular weight excluding hydrogens is 362 g/mol. The van der Waals surface area contributed by atoms with Gasteiger partial charge in [-0.05, 0) is 50.0 Å². The number of nitrogens with one attached hydrogen (secondary N) is 1. The van der Waals surface area contributed by atoms with Crippen LogP contribution >= 0.6 is 11.3 Å². The summed E-state index contributed by atoms with van der Waals surface area (Å²) in [4.78, 5) is 18.2. The van der Waals surface area contributed by atoms with Gasteiger partial charge >= 0.3 is 5.97 Å². The molecule has 0 fully saturated rings. The molecule has 0 saturated carbocycles. The second kappa shape index (κ2) is 8.83. The molecule has 27 heavy (non-hydrogen) atoms. The summed E-state index contributed by atoms with van der Waals surface area (Å²) >= 11 is 1.60. The summed E-state index contributed by atoms with van der Waals surface area (Å²) in [6.07, 6.45) is 0. The molecule has 1 N–H and O–H groups in total. The first-order chi connectivity index (χ1) is 13.0. The Morgan fingerprint density at radius 2 is 1.96 bits per heavy atom. The Morgan fingerprint density at radius 3 is 2.67 bits per heavy atom. The van der Waals surface area contributed by atoms with Gasteiger partial charge in [0.15, 0.2) is 5.13 Å². The second-order valence-electron chi connectivity index (χ2n) is 6.34. The molecule has 7 heteroatoms. The van der Waals surface area contributed by atoms with Crippen LogP contribution in [0.25, 0.3) is 10.2 Å². The normalized spacial score (nSPS) is 11.0. The van der Waals surface area contributed by atoms with Crippen LogP contribution in [0.5, 0.6) is 5.75 Å². The lowest BCUT2D eigenvalue weighted by Gasteiger charge is -2.10. The van der Waals surface area contributed by atoms with Crippen molar-refractivity contribution in [1.82, 2.24) is 9.88 Å². The van der Waals surface area contributed by atoms with Crippen molar-refractivity contribution in [3.05, 3.63) is 53.6 Å². The Hall–Kier alpha value is -2.64. The van der Waals surface area contributed by atoms with E-state index in [9.17, 15) is 4.79 Å². The van der Waals surface area contributed by atoms with E-state index in [1.54, 1.807) is 23.5 Å². The van der Waals surface area contributed by atoms with Crippen LogP contribution in [0.1, 0.15) is 15.9 Å². The van der Waals surface area contributed by atoms with Crippen molar-refractivity contribution < 1.29 is 14.3 Å². The molecule has 0 spiro atoms. The SMILES string of the molecule is COC(=O)c1ccc(CNc2nc3ccc(OCCN(C)C)cc3s2)cc1. The molecule has 0 aliphatic carbocycles. The van der Waals surface area contributed by atoms with Crippen molar-refractivity contribution in [3.8, 4) is 5.75 Å². The number of thiazole rings is 1. The van der Waals surface area contributed by atoms with Gasteiger partial charge in [-0.1, -0.05) is 23.5 Å². The van der Waals surface area contributed by atoms with Crippen LogP contribution in [-0.2, 0) is 11.3 Å². The molecule has 1 heterocycles. The summed E-state index contributed by atoms with van der Waals surface area (Å²) in [6.45, 7) is 2.17. The fourth-order valence-electron chi connectivity index (χ4n) is 2.47. The molecule has 0 amide bonds. The first-order valence-corrected chi connectivity index (χ1v) is 9.46. The van der Waals surface area contributed by atoms with E-state index in [0.29, 0.717) is 18.7 Å². The van der Waals surface area contributed by atoms with Gasteiger partial charge in [-0.15, -0.1) is 0 Å². The van der Waals surface area contributed by atoms with Crippen molar-refractivity contribution in [2.75, 3.05) is 39.7 Å². The van der Waals surface area contributed by atoms with Crippen LogP contribution in [0.15, 0.2) is 42.5 Å². The Morgan fingerprint density at radius 1 is 1.19 bits per heavy atom. The number of ether oxygens (including phenoxy) is 2. The van der Waals surface area contributed by atoms with Crippen molar-refractivity contribution in [1.29, 1.82) is 0 Å². The predicted molar refractivity (Wildman–Crippen MR) is 109 cm³/mol. The van der Waals surface area contributed by atoms with Gasteiger partial charge in [0.1, 0.15) is 12.4 Å². The van der Waals surface area contributed by atoms with Crippen LogP contribution < -0.4 is 10.1 Å². The third-order valence-electron chi connectivity index (χ3n) is 3.99. The molecular formula is C20H23N3O3S. The van der Waals surface area contributed by atoms with E-state index in [0.717, 1.165) is 33.2 Å². The van der Waals surface area contributed by atoms with Crippen molar-refractivity contribution in [2.24, 2.45) is 0 Å². The molecule has 142 valence electrons. The zero-order valence-corrected chi connectivity index (χ0v) is 16.5. The van der Waals surface area contributed by atoms with Gasteiger partial charge in [0.2, 0.25) is 0 Å². The highest BCUT2D eigenvalue weighted by molar-refractivity contribution is 7.22. The first kappa shape index (κ1) is 19.1. The maximum Gasteiger partial charge on any atom is 0.337 e. The maximum absolute atomic E-state index is 11.5.